The molecule has 0 atom stereocenters. The van der Waals surface area contributed by atoms with E-state index in [1.807, 2.05) is 48.7 Å². The van der Waals surface area contributed by atoms with Crippen LogP contribution < -0.4 is 10.6 Å². The fourth-order valence-electron chi connectivity index (χ4n) is 2.04. The average molecular weight is 285 g/mol. The van der Waals surface area contributed by atoms with Gasteiger partial charge in [-0.15, -0.1) is 0 Å². The molecule has 1 aliphatic heterocycles. The molecule has 2 amide bonds. The van der Waals surface area contributed by atoms with Gasteiger partial charge in [0.15, 0.2) is 0 Å². The summed E-state index contributed by atoms with van der Waals surface area (Å²) in [6.07, 6.45) is 5.97. The Hall–Kier alpha value is -2.23. The fraction of sp³-hybridized carbons (Fsp3) is 0.353. The van der Waals surface area contributed by atoms with Gasteiger partial charge in [-0.1, -0.05) is 30.3 Å². The normalized spacial score (nSPS) is 14.6. The standard InChI is InChI=1S/C17H23N3O/c1-17(2,3)20-11-9-15(10-12-20)19-16(21)18-13-14-7-5-4-6-8-14/h4-11H,12-13H2,1-3H3,(H2,18,19,21). The van der Waals surface area contributed by atoms with Crippen LogP contribution in [0.4, 0.5) is 4.79 Å². The van der Waals surface area contributed by atoms with Crippen molar-refractivity contribution in [2.45, 2.75) is 32.9 Å². The lowest BCUT2D eigenvalue weighted by atomic mass is 10.1. The van der Waals surface area contributed by atoms with Crippen molar-refractivity contribution in [1.29, 1.82) is 0 Å². The van der Waals surface area contributed by atoms with Crippen molar-refractivity contribution < 1.29 is 4.79 Å². The molecule has 0 spiro atoms. The largest absolute Gasteiger partial charge is 0.369 e. The molecule has 4 nitrogen and oxygen atoms in total. The summed E-state index contributed by atoms with van der Waals surface area (Å²) in [6.45, 7) is 7.81. The molecule has 0 aromatic heterocycles. The van der Waals surface area contributed by atoms with Crippen molar-refractivity contribution >= 4 is 6.03 Å². The highest BCUT2D eigenvalue weighted by atomic mass is 16.2. The highest BCUT2D eigenvalue weighted by molar-refractivity contribution is 5.76. The van der Waals surface area contributed by atoms with E-state index in [4.69, 9.17) is 0 Å². The zero-order valence-corrected chi connectivity index (χ0v) is 12.9. The van der Waals surface area contributed by atoms with E-state index >= 15 is 0 Å². The second-order valence-corrected chi connectivity index (χ2v) is 6.09. The Balaban J connectivity index is 1.79. The number of carbonyl (C=O) groups is 1. The topological polar surface area (TPSA) is 44.4 Å². The maximum atomic E-state index is 11.9. The smallest absolute Gasteiger partial charge is 0.319 e. The van der Waals surface area contributed by atoms with Gasteiger partial charge in [-0.3, -0.25) is 0 Å². The molecule has 112 valence electrons. The molecular weight excluding hydrogens is 262 g/mol. The van der Waals surface area contributed by atoms with E-state index in [2.05, 4.69) is 36.3 Å². The summed E-state index contributed by atoms with van der Waals surface area (Å²) in [6, 6.07) is 9.68. The minimum atomic E-state index is -0.182. The molecule has 0 aliphatic carbocycles. The Morgan fingerprint density at radius 3 is 2.52 bits per heavy atom. The SMILES string of the molecule is CC(C)(C)N1C=CC(NC(=O)NCc2ccccc2)=CC1. The van der Waals surface area contributed by atoms with Gasteiger partial charge in [0.1, 0.15) is 0 Å². The summed E-state index contributed by atoms with van der Waals surface area (Å²) in [4.78, 5) is 14.1. The molecule has 1 aliphatic rings. The van der Waals surface area contributed by atoms with Crippen LogP contribution in [-0.2, 0) is 6.54 Å². The number of nitrogens with zero attached hydrogens (tertiary/aromatic N) is 1. The number of carbonyl (C=O) groups excluding carboxylic acids is 1. The predicted octanol–water partition coefficient (Wildman–Crippen LogP) is 3.00. The molecule has 1 aromatic carbocycles. The van der Waals surface area contributed by atoms with Crippen LogP contribution in [0.1, 0.15) is 26.3 Å². The lowest BCUT2D eigenvalue weighted by Gasteiger charge is -2.35. The van der Waals surface area contributed by atoms with Crippen molar-refractivity contribution in [1.82, 2.24) is 15.5 Å². The Bertz CT molecular complexity index is 541. The quantitative estimate of drug-likeness (QED) is 0.896. The number of amides is 2. The van der Waals surface area contributed by atoms with E-state index < -0.39 is 0 Å². The molecule has 0 radical (unpaired) electrons. The summed E-state index contributed by atoms with van der Waals surface area (Å²) < 4.78 is 0. The molecule has 0 fully saturated rings. The Morgan fingerprint density at radius 1 is 1.24 bits per heavy atom. The number of allylic oxidation sites excluding steroid dienone is 1. The van der Waals surface area contributed by atoms with Gasteiger partial charge in [-0.25, -0.2) is 4.79 Å². The summed E-state index contributed by atoms with van der Waals surface area (Å²) in [5.41, 5.74) is 2.01. The molecule has 0 bridgehead atoms. The number of nitrogens with one attached hydrogen (secondary N) is 2. The van der Waals surface area contributed by atoms with Gasteiger partial charge in [0.2, 0.25) is 0 Å². The number of benzene rings is 1. The molecule has 0 saturated carbocycles. The molecule has 1 heterocycles. The highest BCUT2D eigenvalue weighted by Gasteiger charge is 2.18. The summed E-state index contributed by atoms with van der Waals surface area (Å²) in [5.74, 6) is 0. The molecule has 2 rings (SSSR count). The van der Waals surface area contributed by atoms with Gasteiger partial charge in [0.25, 0.3) is 0 Å². The van der Waals surface area contributed by atoms with E-state index in [1.165, 1.54) is 0 Å². The van der Waals surface area contributed by atoms with Crippen LogP contribution in [0.3, 0.4) is 0 Å². The van der Waals surface area contributed by atoms with Crippen molar-refractivity contribution in [3.8, 4) is 0 Å². The van der Waals surface area contributed by atoms with Gasteiger partial charge in [0, 0.05) is 30.5 Å². The molecule has 4 heteroatoms. The number of urea groups is 1. The average Bonchev–Trinajstić information content (AvgIpc) is 2.46. The van der Waals surface area contributed by atoms with Gasteiger partial charge >= 0.3 is 6.03 Å². The Kier molecular flexibility index (Phi) is 4.68. The first-order chi connectivity index (χ1) is 9.95. The molecule has 21 heavy (non-hydrogen) atoms. The first-order valence-corrected chi connectivity index (χ1v) is 7.19. The summed E-state index contributed by atoms with van der Waals surface area (Å²) in [5, 5.41) is 5.71. The number of hydrogen-bond acceptors (Lipinski definition) is 2. The van der Waals surface area contributed by atoms with Crippen molar-refractivity contribution in [3.05, 3.63) is 59.9 Å². The Labute approximate surface area is 126 Å². The molecular formula is C17H23N3O. The van der Waals surface area contributed by atoms with Crippen LogP contribution in [-0.4, -0.2) is 23.0 Å². The number of rotatable bonds is 3. The van der Waals surface area contributed by atoms with Crippen molar-refractivity contribution in [2.75, 3.05) is 6.54 Å². The second kappa shape index (κ2) is 6.48. The third-order valence-electron chi connectivity index (χ3n) is 3.36. The van der Waals surface area contributed by atoms with Crippen molar-refractivity contribution in [3.63, 3.8) is 0 Å². The van der Waals surface area contributed by atoms with Gasteiger partial charge < -0.3 is 15.5 Å². The highest BCUT2D eigenvalue weighted by Crippen LogP contribution is 2.17. The van der Waals surface area contributed by atoms with Crippen molar-refractivity contribution in [2.24, 2.45) is 0 Å². The summed E-state index contributed by atoms with van der Waals surface area (Å²) in [7, 11) is 0. The van der Waals surface area contributed by atoms with Crippen LogP contribution in [0.2, 0.25) is 0 Å². The zero-order valence-electron chi connectivity index (χ0n) is 12.9. The summed E-state index contributed by atoms with van der Waals surface area (Å²) >= 11 is 0. The van der Waals surface area contributed by atoms with E-state index in [-0.39, 0.29) is 11.6 Å². The van der Waals surface area contributed by atoms with Gasteiger partial charge in [-0.05, 0) is 38.5 Å². The maximum Gasteiger partial charge on any atom is 0.319 e. The van der Waals surface area contributed by atoms with E-state index in [9.17, 15) is 4.79 Å². The predicted molar refractivity (Wildman–Crippen MR) is 85.5 cm³/mol. The minimum Gasteiger partial charge on any atom is -0.369 e. The van der Waals surface area contributed by atoms with E-state index in [0.717, 1.165) is 17.8 Å². The minimum absolute atomic E-state index is 0.0914. The maximum absolute atomic E-state index is 11.9. The molecule has 0 saturated heterocycles. The number of hydrogen-bond donors (Lipinski definition) is 2. The van der Waals surface area contributed by atoms with Gasteiger partial charge in [0.05, 0.1) is 0 Å². The van der Waals surface area contributed by atoms with Crippen LogP contribution in [0.25, 0.3) is 0 Å². The zero-order chi connectivity index (χ0) is 15.3. The van der Waals surface area contributed by atoms with Crippen LogP contribution in [0.5, 0.6) is 0 Å². The molecule has 2 N–H and O–H groups in total. The van der Waals surface area contributed by atoms with Gasteiger partial charge in [-0.2, -0.15) is 0 Å². The molecule has 1 aromatic rings. The Morgan fingerprint density at radius 2 is 1.95 bits per heavy atom. The third-order valence-corrected chi connectivity index (χ3v) is 3.36. The van der Waals surface area contributed by atoms with Crippen LogP contribution >= 0.6 is 0 Å². The second-order valence-electron chi connectivity index (χ2n) is 6.09. The first-order valence-electron chi connectivity index (χ1n) is 7.19. The third kappa shape index (κ3) is 4.67. The molecule has 0 unspecified atom stereocenters. The lowest BCUT2D eigenvalue weighted by Crippen LogP contribution is -2.40. The van der Waals surface area contributed by atoms with Crippen LogP contribution in [0.15, 0.2) is 54.4 Å². The first kappa shape index (κ1) is 15.2. The fourth-order valence-corrected chi connectivity index (χ4v) is 2.04. The van der Waals surface area contributed by atoms with Crippen LogP contribution in [0, 0.1) is 0 Å². The monoisotopic (exact) mass is 285 g/mol. The van der Waals surface area contributed by atoms with E-state index in [1.54, 1.807) is 0 Å². The van der Waals surface area contributed by atoms with E-state index in [0.29, 0.717) is 6.54 Å². The lowest BCUT2D eigenvalue weighted by molar-refractivity contribution is 0.222.